The van der Waals surface area contributed by atoms with Crippen LogP contribution in [0.2, 0.25) is 0 Å². The molecule has 1 saturated carbocycles. The Kier molecular flexibility index (Phi) is 5.21. The molecule has 8 heteroatoms. The van der Waals surface area contributed by atoms with Crippen LogP contribution in [0, 0.1) is 36.5 Å². The van der Waals surface area contributed by atoms with Crippen LogP contribution in [-0.2, 0) is 19.2 Å². The number of esters is 1. The average Bonchev–Trinajstić information content (AvgIpc) is 3.63. The van der Waals surface area contributed by atoms with E-state index in [1.54, 1.807) is 61.4 Å². The van der Waals surface area contributed by atoms with E-state index < -0.39 is 11.9 Å². The van der Waals surface area contributed by atoms with Crippen molar-refractivity contribution >= 4 is 35.1 Å². The lowest BCUT2D eigenvalue weighted by Crippen LogP contribution is -2.33. The Bertz CT molecular complexity index is 1300. The van der Waals surface area contributed by atoms with E-state index in [4.69, 9.17) is 9.47 Å². The first kappa shape index (κ1) is 22.5. The number of ether oxygens (including phenoxy) is 2. The third kappa shape index (κ3) is 3.43. The van der Waals surface area contributed by atoms with Crippen LogP contribution in [0.15, 0.2) is 54.6 Å². The van der Waals surface area contributed by atoms with Gasteiger partial charge in [0.2, 0.25) is 17.7 Å². The topological polar surface area (TPSA) is 93.2 Å². The van der Waals surface area contributed by atoms with Crippen LogP contribution in [-0.4, -0.2) is 37.3 Å². The lowest BCUT2D eigenvalue weighted by Gasteiger charge is -2.20. The molecule has 4 aliphatic rings. The predicted octanol–water partition coefficient (Wildman–Crippen LogP) is 3.27. The van der Waals surface area contributed by atoms with Gasteiger partial charge in [0, 0.05) is 24.7 Å². The minimum Gasteiger partial charge on any atom is -0.497 e. The fourth-order valence-corrected chi connectivity index (χ4v) is 6.17. The maximum Gasteiger partial charge on any atom is 0.316 e. The summed E-state index contributed by atoms with van der Waals surface area (Å²) in [5, 5.41) is 0. The number of nitrogens with zero attached hydrogens (tertiary/aromatic N) is 2. The van der Waals surface area contributed by atoms with E-state index in [0.717, 1.165) is 6.42 Å². The summed E-state index contributed by atoms with van der Waals surface area (Å²) in [6.07, 6.45) is 5.08. The molecule has 3 amide bonds. The molecule has 2 aromatic carbocycles. The first-order chi connectivity index (χ1) is 17.4. The number of rotatable bonds is 5. The fourth-order valence-electron chi connectivity index (χ4n) is 6.17. The first-order valence-electron chi connectivity index (χ1n) is 12.2. The van der Waals surface area contributed by atoms with Crippen molar-refractivity contribution < 1.29 is 28.7 Å². The zero-order valence-electron chi connectivity index (χ0n) is 20.0. The molecule has 36 heavy (non-hydrogen) atoms. The van der Waals surface area contributed by atoms with Crippen LogP contribution < -0.4 is 19.3 Å². The second kappa shape index (κ2) is 8.33. The quantitative estimate of drug-likeness (QED) is 0.279. The summed E-state index contributed by atoms with van der Waals surface area (Å²) in [5.41, 5.74) is 1.87. The Labute approximate surface area is 208 Å². The van der Waals surface area contributed by atoms with E-state index >= 15 is 0 Å². The van der Waals surface area contributed by atoms with Crippen LogP contribution in [0.25, 0.3) is 0 Å². The molecular weight excluding hydrogens is 460 g/mol. The van der Waals surface area contributed by atoms with Crippen molar-refractivity contribution in [2.75, 3.05) is 23.5 Å². The second-order valence-corrected chi connectivity index (χ2v) is 9.99. The van der Waals surface area contributed by atoms with Crippen LogP contribution in [0.3, 0.4) is 0 Å². The van der Waals surface area contributed by atoms with E-state index in [0.29, 0.717) is 28.4 Å². The summed E-state index contributed by atoms with van der Waals surface area (Å²) in [5.74, 6) is -0.836. The van der Waals surface area contributed by atoms with Crippen molar-refractivity contribution in [3.8, 4) is 11.5 Å². The van der Waals surface area contributed by atoms with Gasteiger partial charge in [0.1, 0.15) is 11.5 Å². The summed E-state index contributed by atoms with van der Waals surface area (Å²) in [6, 6.07) is 12.0. The van der Waals surface area contributed by atoms with Crippen molar-refractivity contribution in [2.24, 2.45) is 29.6 Å². The first-order valence-corrected chi connectivity index (χ1v) is 12.2. The molecule has 2 bridgehead atoms. The summed E-state index contributed by atoms with van der Waals surface area (Å²) in [4.78, 5) is 54.6. The van der Waals surface area contributed by atoms with E-state index in [9.17, 15) is 19.2 Å². The number of allylic oxidation sites excluding steroid dienone is 2. The number of benzene rings is 2. The van der Waals surface area contributed by atoms with E-state index in [1.165, 1.54) is 4.90 Å². The zero-order chi connectivity index (χ0) is 25.1. The molecule has 184 valence electrons. The van der Waals surface area contributed by atoms with Gasteiger partial charge in [0.25, 0.3) is 0 Å². The zero-order valence-corrected chi connectivity index (χ0v) is 20.0. The predicted molar refractivity (Wildman–Crippen MR) is 130 cm³/mol. The van der Waals surface area contributed by atoms with Crippen LogP contribution >= 0.6 is 0 Å². The van der Waals surface area contributed by atoms with Crippen molar-refractivity contribution in [3.63, 3.8) is 0 Å². The highest BCUT2D eigenvalue weighted by Gasteiger charge is 2.59. The molecule has 2 saturated heterocycles. The van der Waals surface area contributed by atoms with Crippen molar-refractivity contribution in [1.82, 2.24) is 0 Å². The largest absolute Gasteiger partial charge is 0.497 e. The Morgan fingerprint density at radius 3 is 2.33 bits per heavy atom. The molecule has 0 aromatic heterocycles. The van der Waals surface area contributed by atoms with Gasteiger partial charge in [0.05, 0.1) is 30.6 Å². The number of hydrogen-bond donors (Lipinski definition) is 0. The van der Waals surface area contributed by atoms with Gasteiger partial charge in [-0.25, -0.2) is 4.90 Å². The number of carbonyl (C=O) groups excluding carboxylic acids is 4. The van der Waals surface area contributed by atoms with Gasteiger partial charge in [0.15, 0.2) is 0 Å². The average molecular weight is 487 g/mol. The molecule has 8 nitrogen and oxygen atoms in total. The van der Waals surface area contributed by atoms with E-state index in [-0.39, 0.29) is 54.4 Å². The molecular formula is C28H26N2O6. The molecule has 5 atom stereocenters. The third-order valence-corrected chi connectivity index (χ3v) is 7.92. The highest BCUT2D eigenvalue weighted by Crippen LogP contribution is 2.53. The summed E-state index contributed by atoms with van der Waals surface area (Å²) in [6.45, 7) is 2.01. The Morgan fingerprint density at radius 2 is 1.67 bits per heavy atom. The lowest BCUT2D eigenvalue weighted by molar-refractivity contribution is -0.139. The van der Waals surface area contributed by atoms with Gasteiger partial charge < -0.3 is 14.4 Å². The monoisotopic (exact) mass is 486 g/mol. The number of aryl methyl sites for hydroxylation is 1. The molecule has 2 aliphatic carbocycles. The standard InChI is InChI=1S/C28H26N2O6/c1-15-10-21(8-9-22(15)30-26(32)24-16-6-7-17(11-16)25(24)27(30)33)36-28(34)18-12-23(31)29(14-18)19-4-3-5-20(13-19)35-2/h3-10,13,16-18,24-25H,11-12,14H2,1-2H3/t16-,17-,18+,24-,25-/m0/s1. The number of anilines is 2. The Balaban J connectivity index is 1.15. The minimum absolute atomic E-state index is 0.0586. The van der Waals surface area contributed by atoms with Crippen molar-refractivity contribution in [3.05, 3.63) is 60.2 Å². The number of methoxy groups -OCH3 is 1. The maximum absolute atomic E-state index is 13.1. The van der Waals surface area contributed by atoms with Gasteiger partial charge in [-0.1, -0.05) is 18.2 Å². The molecule has 3 fully saturated rings. The molecule has 0 radical (unpaired) electrons. The van der Waals surface area contributed by atoms with Crippen LogP contribution in [0.1, 0.15) is 18.4 Å². The molecule has 2 aliphatic heterocycles. The summed E-state index contributed by atoms with van der Waals surface area (Å²) in [7, 11) is 1.56. The van der Waals surface area contributed by atoms with Gasteiger partial charge >= 0.3 is 5.97 Å². The molecule has 0 unspecified atom stereocenters. The van der Waals surface area contributed by atoms with Crippen LogP contribution in [0.5, 0.6) is 11.5 Å². The SMILES string of the molecule is COc1cccc(N2C[C@H](C(=O)Oc3ccc(N4C(=O)[C@@H]5[C@@H](C4=O)[C@H]4C=C[C@H]5C4)c(C)c3)CC2=O)c1. The highest BCUT2D eigenvalue weighted by molar-refractivity contribution is 6.23. The lowest BCUT2D eigenvalue weighted by atomic mass is 9.85. The highest BCUT2D eigenvalue weighted by atomic mass is 16.5. The number of imide groups is 1. The van der Waals surface area contributed by atoms with E-state index in [2.05, 4.69) is 12.2 Å². The fraction of sp³-hybridized carbons (Fsp3) is 0.357. The van der Waals surface area contributed by atoms with Gasteiger partial charge in [-0.15, -0.1) is 0 Å². The maximum atomic E-state index is 13.1. The number of hydrogen-bond acceptors (Lipinski definition) is 6. The summed E-state index contributed by atoms with van der Waals surface area (Å²) >= 11 is 0. The Morgan fingerprint density at radius 1 is 0.944 bits per heavy atom. The number of amides is 3. The Hall–Kier alpha value is -3.94. The minimum atomic E-state index is -0.604. The van der Waals surface area contributed by atoms with Gasteiger partial charge in [-0.3, -0.25) is 19.2 Å². The number of fused-ring (bicyclic) bond motifs is 5. The van der Waals surface area contributed by atoms with Crippen molar-refractivity contribution in [1.29, 1.82) is 0 Å². The molecule has 0 N–H and O–H groups in total. The van der Waals surface area contributed by atoms with Crippen LogP contribution in [0.4, 0.5) is 11.4 Å². The third-order valence-electron chi connectivity index (χ3n) is 7.92. The second-order valence-electron chi connectivity index (χ2n) is 9.99. The molecule has 0 spiro atoms. The molecule has 2 aromatic rings. The van der Waals surface area contributed by atoms with Crippen molar-refractivity contribution in [2.45, 2.75) is 19.8 Å². The van der Waals surface area contributed by atoms with Gasteiger partial charge in [-0.2, -0.15) is 0 Å². The van der Waals surface area contributed by atoms with E-state index in [1.807, 2.05) is 0 Å². The molecule has 6 rings (SSSR count). The smallest absolute Gasteiger partial charge is 0.316 e. The number of carbonyl (C=O) groups is 4. The van der Waals surface area contributed by atoms with Gasteiger partial charge in [-0.05, 0) is 61.1 Å². The molecule has 2 heterocycles. The summed E-state index contributed by atoms with van der Waals surface area (Å²) < 4.78 is 10.8. The normalized spacial score (nSPS) is 28.3.